The van der Waals surface area contributed by atoms with E-state index in [0.29, 0.717) is 20.8 Å². The van der Waals surface area contributed by atoms with Gasteiger partial charge in [-0.15, -0.1) is 0 Å². The second kappa shape index (κ2) is 8.03. The molecule has 0 amide bonds. The van der Waals surface area contributed by atoms with Crippen LogP contribution in [0.4, 0.5) is 0 Å². The lowest BCUT2D eigenvalue weighted by molar-refractivity contribution is -0.145. The zero-order valence-corrected chi connectivity index (χ0v) is 13.4. The molecule has 0 radical (unpaired) electrons. The van der Waals surface area contributed by atoms with Crippen LogP contribution >= 0.6 is 34.8 Å². The third-order valence-corrected chi connectivity index (χ3v) is 3.25. The Hall–Kier alpha value is -1.75. The first kappa shape index (κ1) is 16.6. The molecule has 0 unspecified atom stereocenters. The van der Waals surface area contributed by atoms with Gasteiger partial charge in [0.1, 0.15) is 5.75 Å². The molecule has 0 aliphatic heterocycles. The van der Waals surface area contributed by atoms with E-state index < -0.39 is 5.97 Å². The van der Waals surface area contributed by atoms with Crippen molar-refractivity contribution in [3.05, 3.63) is 63.1 Å². The van der Waals surface area contributed by atoms with E-state index in [1.807, 2.05) is 0 Å². The Morgan fingerprint density at radius 2 is 1.73 bits per heavy atom. The van der Waals surface area contributed by atoms with Crippen molar-refractivity contribution in [3.8, 4) is 5.75 Å². The molecule has 2 rings (SSSR count). The number of hydrogen-bond donors (Lipinski definition) is 0. The normalized spacial score (nSPS) is 10.7. The lowest BCUT2D eigenvalue weighted by Gasteiger charge is -2.06. The number of oxime groups is 1. The average molecular weight is 359 g/mol. The van der Waals surface area contributed by atoms with Crippen LogP contribution in [-0.2, 0) is 9.63 Å². The Kier molecular flexibility index (Phi) is 6.07. The Balaban J connectivity index is 1.81. The zero-order valence-electron chi connectivity index (χ0n) is 11.1. The number of hydrogen-bond acceptors (Lipinski definition) is 4. The number of nitrogens with zero attached hydrogens (tertiary/aromatic N) is 1. The van der Waals surface area contributed by atoms with E-state index in [-0.39, 0.29) is 6.61 Å². The molecule has 0 N–H and O–H groups in total. The number of rotatable bonds is 5. The van der Waals surface area contributed by atoms with Crippen molar-refractivity contribution in [1.82, 2.24) is 0 Å². The van der Waals surface area contributed by atoms with Gasteiger partial charge in [0.05, 0.1) is 11.2 Å². The van der Waals surface area contributed by atoms with Crippen LogP contribution in [0.3, 0.4) is 0 Å². The molecule has 0 bridgehead atoms. The van der Waals surface area contributed by atoms with Crippen molar-refractivity contribution < 1.29 is 14.4 Å². The summed E-state index contributed by atoms with van der Waals surface area (Å²) in [6.07, 6.45) is 1.39. The monoisotopic (exact) mass is 357 g/mol. The molecule has 0 aliphatic carbocycles. The fraction of sp³-hybridized carbons (Fsp3) is 0.0667. The smallest absolute Gasteiger partial charge is 0.372 e. The van der Waals surface area contributed by atoms with Gasteiger partial charge in [-0.05, 0) is 35.9 Å². The second-order valence-electron chi connectivity index (χ2n) is 4.11. The Labute approximate surface area is 142 Å². The SMILES string of the molecule is O=C(COc1ccc(Cl)cc1Cl)O/N=C/c1ccc(Cl)cc1. The molecule has 2 aromatic carbocycles. The van der Waals surface area contributed by atoms with Crippen molar-refractivity contribution >= 4 is 47.0 Å². The van der Waals surface area contributed by atoms with E-state index in [1.165, 1.54) is 12.3 Å². The summed E-state index contributed by atoms with van der Waals surface area (Å²) in [5.41, 5.74) is 0.749. The predicted molar refractivity (Wildman–Crippen MR) is 87.1 cm³/mol. The molecule has 114 valence electrons. The van der Waals surface area contributed by atoms with E-state index in [2.05, 4.69) is 9.99 Å². The van der Waals surface area contributed by atoms with Crippen LogP contribution < -0.4 is 4.74 Å². The van der Waals surface area contributed by atoms with Crippen molar-refractivity contribution in [3.63, 3.8) is 0 Å². The average Bonchev–Trinajstić information content (AvgIpc) is 2.48. The summed E-state index contributed by atoms with van der Waals surface area (Å²) in [7, 11) is 0. The Bertz CT molecular complexity index is 687. The van der Waals surface area contributed by atoms with Gasteiger partial charge in [-0.3, -0.25) is 0 Å². The third kappa shape index (κ3) is 5.22. The highest BCUT2D eigenvalue weighted by molar-refractivity contribution is 6.35. The minimum atomic E-state index is -0.656. The first-order valence-corrected chi connectivity index (χ1v) is 7.24. The van der Waals surface area contributed by atoms with Crippen LogP contribution in [0.1, 0.15) is 5.56 Å². The summed E-state index contributed by atoms with van der Waals surface area (Å²) in [5, 5.41) is 4.97. The highest BCUT2D eigenvalue weighted by Gasteiger charge is 2.07. The molecule has 0 heterocycles. The summed E-state index contributed by atoms with van der Waals surface area (Å²) in [6, 6.07) is 11.6. The van der Waals surface area contributed by atoms with Crippen molar-refractivity contribution in [1.29, 1.82) is 0 Å². The quantitative estimate of drug-likeness (QED) is 0.446. The van der Waals surface area contributed by atoms with Crippen molar-refractivity contribution in [2.45, 2.75) is 0 Å². The summed E-state index contributed by atoms with van der Waals surface area (Å²) in [5.74, 6) is -0.319. The molecule has 22 heavy (non-hydrogen) atoms. The van der Waals surface area contributed by atoms with Gasteiger partial charge in [0.15, 0.2) is 6.61 Å². The van der Waals surface area contributed by atoms with E-state index in [0.717, 1.165) is 5.56 Å². The maximum atomic E-state index is 11.5. The lowest BCUT2D eigenvalue weighted by Crippen LogP contribution is -2.12. The molecule has 4 nitrogen and oxygen atoms in total. The second-order valence-corrected chi connectivity index (χ2v) is 5.39. The summed E-state index contributed by atoms with van der Waals surface area (Å²) < 4.78 is 5.22. The molecule has 0 spiro atoms. The van der Waals surface area contributed by atoms with Crippen LogP contribution in [0.25, 0.3) is 0 Å². The first-order valence-electron chi connectivity index (χ1n) is 6.11. The highest BCUT2D eigenvalue weighted by atomic mass is 35.5. The fourth-order valence-electron chi connectivity index (χ4n) is 1.45. The van der Waals surface area contributed by atoms with Crippen LogP contribution in [0.5, 0.6) is 5.75 Å². The molecule has 0 saturated carbocycles. The van der Waals surface area contributed by atoms with Gasteiger partial charge in [-0.2, -0.15) is 0 Å². The topological polar surface area (TPSA) is 47.9 Å². The van der Waals surface area contributed by atoms with E-state index in [9.17, 15) is 4.79 Å². The van der Waals surface area contributed by atoms with Crippen LogP contribution in [0, 0.1) is 0 Å². The van der Waals surface area contributed by atoms with Gasteiger partial charge < -0.3 is 9.57 Å². The Morgan fingerprint density at radius 1 is 1.05 bits per heavy atom. The molecule has 0 fully saturated rings. The van der Waals surface area contributed by atoms with Crippen LogP contribution in [-0.4, -0.2) is 18.8 Å². The number of carbonyl (C=O) groups excluding carboxylic acids is 1. The molecular weight excluding hydrogens is 349 g/mol. The zero-order chi connectivity index (χ0) is 15.9. The number of carbonyl (C=O) groups is 1. The molecule has 0 aliphatic rings. The predicted octanol–water partition coefficient (Wildman–Crippen LogP) is 4.60. The van der Waals surface area contributed by atoms with Gasteiger partial charge >= 0.3 is 5.97 Å². The largest absolute Gasteiger partial charge is 0.480 e. The van der Waals surface area contributed by atoms with E-state index >= 15 is 0 Å². The van der Waals surface area contributed by atoms with Gasteiger partial charge in [-0.1, -0.05) is 52.1 Å². The van der Waals surface area contributed by atoms with Gasteiger partial charge in [-0.25, -0.2) is 4.79 Å². The Morgan fingerprint density at radius 3 is 2.41 bits per heavy atom. The lowest BCUT2D eigenvalue weighted by atomic mass is 10.2. The van der Waals surface area contributed by atoms with Crippen molar-refractivity contribution in [2.24, 2.45) is 5.16 Å². The van der Waals surface area contributed by atoms with Crippen LogP contribution in [0.15, 0.2) is 47.6 Å². The molecule has 0 aromatic heterocycles. The summed E-state index contributed by atoms with van der Waals surface area (Å²) in [6.45, 7) is -0.320. The molecule has 0 saturated heterocycles. The molecule has 2 aromatic rings. The number of ether oxygens (including phenoxy) is 1. The van der Waals surface area contributed by atoms with Gasteiger partial charge in [0, 0.05) is 10.0 Å². The standard InChI is InChI=1S/C15H10Cl3NO3/c16-11-3-1-10(2-4-11)8-19-22-15(20)9-21-14-6-5-12(17)7-13(14)18/h1-8H,9H2/b19-8+. The molecule has 7 heteroatoms. The first-order chi connectivity index (χ1) is 10.5. The number of halogens is 3. The maximum absolute atomic E-state index is 11.5. The minimum absolute atomic E-state index is 0.310. The maximum Gasteiger partial charge on any atom is 0.372 e. The molecular formula is C15H10Cl3NO3. The fourth-order valence-corrected chi connectivity index (χ4v) is 2.04. The van der Waals surface area contributed by atoms with E-state index in [1.54, 1.807) is 36.4 Å². The van der Waals surface area contributed by atoms with Gasteiger partial charge in [0.2, 0.25) is 0 Å². The highest BCUT2D eigenvalue weighted by Crippen LogP contribution is 2.27. The van der Waals surface area contributed by atoms with Crippen LogP contribution in [0.2, 0.25) is 15.1 Å². The number of benzene rings is 2. The summed E-state index contributed by atoms with van der Waals surface area (Å²) >= 11 is 17.4. The molecule has 0 atom stereocenters. The third-order valence-electron chi connectivity index (χ3n) is 2.47. The van der Waals surface area contributed by atoms with Gasteiger partial charge in [0.25, 0.3) is 0 Å². The summed E-state index contributed by atoms with van der Waals surface area (Å²) in [4.78, 5) is 16.2. The minimum Gasteiger partial charge on any atom is -0.480 e. The van der Waals surface area contributed by atoms with E-state index in [4.69, 9.17) is 39.5 Å². The van der Waals surface area contributed by atoms with Crippen molar-refractivity contribution in [2.75, 3.05) is 6.61 Å².